The third kappa shape index (κ3) is 9.71. The quantitative estimate of drug-likeness (QED) is 0.227. The Morgan fingerprint density at radius 1 is 0.976 bits per heavy atom. The van der Waals surface area contributed by atoms with E-state index >= 15 is 0 Å². The summed E-state index contributed by atoms with van der Waals surface area (Å²) < 4.78 is 40.1. The van der Waals surface area contributed by atoms with Gasteiger partial charge in [-0.05, 0) is 61.2 Å². The third-order valence-corrected chi connectivity index (χ3v) is 8.60. The second kappa shape index (κ2) is 15.4. The van der Waals surface area contributed by atoms with E-state index in [1.54, 1.807) is 18.2 Å². The first-order valence-electron chi connectivity index (χ1n) is 13.7. The third-order valence-electron chi connectivity index (χ3n) is 6.87. The molecule has 42 heavy (non-hydrogen) atoms. The van der Waals surface area contributed by atoms with Gasteiger partial charge in [-0.15, -0.1) is 0 Å². The Labute approximate surface area is 257 Å². The van der Waals surface area contributed by atoms with Crippen LogP contribution in [0.2, 0.25) is 10.0 Å². The molecule has 0 aromatic heterocycles. The second-order valence-electron chi connectivity index (χ2n) is 10.2. The molecule has 3 aromatic rings. The zero-order chi connectivity index (χ0) is 30.9. The van der Waals surface area contributed by atoms with Gasteiger partial charge in [0.05, 0.1) is 17.0 Å². The van der Waals surface area contributed by atoms with Gasteiger partial charge in [0.2, 0.25) is 21.8 Å². The van der Waals surface area contributed by atoms with Gasteiger partial charge >= 0.3 is 0 Å². The fourth-order valence-electron chi connectivity index (χ4n) is 4.44. The van der Waals surface area contributed by atoms with Crippen LogP contribution in [0.3, 0.4) is 0 Å². The van der Waals surface area contributed by atoms with E-state index in [0.717, 1.165) is 16.1 Å². The van der Waals surface area contributed by atoms with Crippen molar-refractivity contribution in [1.29, 1.82) is 0 Å². The van der Waals surface area contributed by atoms with Crippen LogP contribution < -0.4 is 9.62 Å². The molecule has 3 aromatic carbocycles. The number of amides is 2. The van der Waals surface area contributed by atoms with Gasteiger partial charge in [-0.25, -0.2) is 12.8 Å². The van der Waals surface area contributed by atoms with Crippen LogP contribution in [0.5, 0.6) is 0 Å². The average molecular weight is 637 g/mol. The summed E-state index contributed by atoms with van der Waals surface area (Å²) in [5.74, 6) is -1.05. The van der Waals surface area contributed by atoms with Crippen LogP contribution >= 0.6 is 23.2 Å². The monoisotopic (exact) mass is 635 g/mol. The number of carbonyl (C=O) groups is 2. The van der Waals surface area contributed by atoms with Gasteiger partial charge in [-0.3, -0.25) is 13.9 Å². The molecule has 0 spiro atoms. The Morgan fingerprint density at radius 3 is 2.26 bits per heavy atom. The summed E-state index contributed by atoms with van der Waals surface area (Å²) in [7, 11) is -3.75. The van der Waals surface area contributed by atoms with E-state index in [1.807, 2.05) is 44.2 Å². The number of halogens is 3. The van der Waals surface area contributed by atoms with Gasteiger partial charge in [0.25, 0.3) is 0 Å². The molecule has 226 valence electrons. The highest BCUT2D eigenvalue weighted by Gasteiger charge is 2.31. The van der Waals surface area contributed by atoms with Crippen molar-refractivity contribution in [2.24, 2.45) is 0 Å². The molecular formula is C31H36Cl2FN3O4S. The SMILES string of the molecule is CC[C@H](C)NC(=O)[C@@H](Cc1ccccc1)N(Cc1ccc(F)cc1)C(=O)CCCN(c1cc(Cl)ccc1Cl)S(C)(=O)=O. The Kier molecular flexibility index (Phi) is 12.2. The molecule has 3 rings (SSSR count). The van der Waals surface area contributed by atoms with Gasteiger partial charge in [-0.2, -0.15) is 0 Å². The summed E-state index contributed by atoms with van der Waals surface area (Å²) in [5.41, 5.74) is 1.75. The molecule has 2 amide bonds. The molecule has 0 aliphatic carbocycles. The van der Waals surface area contributed by atoms with E-state index in [-0.39, 0.29) is 60.9 Å². The second-order valence-corrected chi connectivity index (χ2v) is 13.0. The highest BCUT2D eigenvalue weighted by molar-refractivity contribution is 7.92. The summed E-state index contributed by atoms with van der Waals surface area (Å²) in [6, 6.07) is 18.7. The molecule has 0 aliphatic heterocycles. The number of nitrogens with zero attached hydrogens (tertiary/aromatic N) is 2. The van der Waals surface area contributed by atoms with E-state index in [4.69, 9.17) is 23.2 Å². The summed E-state index contributed by atoms with van der Waals surface area (Å²) in [4.78, 5) is 28.9. The van der Waals surface area contributed by atoms with Crippen molar-refractivity contribution in [2.45, 2.75) is 58.2 Å². The van der Waals surface area contributed by atoms with E-state index in [2.05, 4.69) is 5.32 Å². The molecule has 1 N–H and O–H groups in total. The molecule has 0 saturated heterocycles. The van der Waals surface area contributed by atoms with Crippen molar-refractivity contribution in [2.75, 3.05) is 17.1 Å². The van der Waals surface area contributed by atoms with Crippen LogP contribution in [0.4, 0.5) is 10.1 Å². The number of nitrogens with one attached hydrogen (secondary N) is 1. The molecule has 7 nitrogen and oxygen atoms in total. The zero-order valence-electron chi connectivity index (χ0n) is 23.9. The fraction of sp³-hybridized carbons (Fsp3) is 0.355. The molecule has 2 atom stereocenters. The van der Waals surface area contributed by atoms with Gasteiger partial charge in [0.1, 0.15) is 11.9 Å². The van der Waals surface area contributed by atoms with E-state index < -0.39 is 21.9 Å². The number of rotatable bonds is 14. The highest BCUT2D eigenvalue weighted by atomic mass is 35.5. The van der Waals surface area contributed by atoms with Crippen molar-refractivity contribution in [1.82, 2.24) is 10.2 Å². The Morgan fingerprint density at radius 2 is 1.64 bits per heavy atom. The minimum Gasteiger partial charge on any atom is -0.352 e. The van der Waals surface area contributed by atoms with Crippen LogP contribution in [-0.4, -0.2) is 50.0 Å². The van der Waals surface area contributed by atoms with E-state index in [9.17, 15) is 22.4 Å². The lowest BCUT2D eigenvalue weighted by molar-refractivity contribution is -0.141. The Hall–Kier alpha value is -3.14. The van der Waals surface area contributed by atoms with Crippen LogP contribution in [0.1, 0.15) is 44.2 Å². The summed E-state index contributed by atoms with van der Waals surface area (Å²) in [5, 5.41) is 3.53. The maximum absolute atomic E-state index is 13.9. The van der Waals surface area contributed by atoms with Crippen LogP contribution in [0.15, 0.2) is 72.8 Å². The topological polar surface area (TPSA) is 86.8 Å². The highest BCUT2D eigenvalue weighted by Crippen LogP contribution is 2.31. The van der Waals surface area contributed by atoms with Crippen LogP contribution in [0, 0.1) is 5.82 Å². The molecule has 0 saturated carbocycles. The number of carbonyl (C=O) groups excluding carboxylic acids is 2. The van der Waals surface area contributed by atoms with Gasteiger partial charge in [0.15, 0.2) is 0 Å². The van der Waals surface area contributed by atoms with E-state index in [0.29, 0.717) is 17.0 Å². The molecule has 0 radical (unpaired) electrons. The largest absolute Gasteiger partial charge is 0.352 e. The van der Waals surface area contributed by atoms with Crippen LogP contribution in [0.25, 0.3) is 0 Å². The minimum absolute atomic E-state index is 0.0303. The first-order valence-corrected chi connectivity index (χ1v) is 16.3. The predicted octanol–water partition coefficient (Wildman–Crippen LogP) is 6.23. The lowest BCUT2D eigenvalue weighted by atomic mass is 10.0. The molecule has 0 unspecified atom stereocenters. The minimum atomic E-state index is -3.75. The van der Waals surface area contributed by atoms with Crippen molar-refractivity contribution in [3.8, 4) is 0 Å². The summed E-state index contributed by atoms with van der Waals surface area (Å²) >= 11 is 12.4. The lowest BCUT2D eigenvalue weighted by Gasteiger charge is -2.32. The molecule has 11 heteroatoms. The lowest BCUT2D eigenvalue weighted by Crippen LogP contribution is -2.52. The Bertz CT molecular complexity index is 1460. The number of benzene rings is 3. The van der Waals surface area contributed by atoms with Crippen molar-refractivity contribution >= 4 is 50.7 Å². The molecule has 0 aliphatic rings. The zero-order valence-corrected chi connectivity index (χ0v) is 26.2. The Balaban J connectivity index is 1.90. The molecule has 0 bridgehead atoms. The van der Waals surface area contributed by atoms with E-state index in [1.165, 1.54) is 29.2 Å². The van der Waals surface area contributed by atoms with Gasteiger partial charge in [0, 0.05) is 37.0 Å². The fourth-order valence-corrected chi connectivity index (χ4v) is 5.85. The average Bonchev–Trinajstić information content (AvgIpc) is 2.95. The van der Waals surface area contributed by atoms with Crippen molar-refractivity contribution in [3.05, 3.63) is 99.8 Å². The van der Waals surface area contributed by atoms with Crippen LogP contribution in [-0.2, 0) is 32.6 Å². The number of hydrogen-bond donors (Lipinski definition) is 1. The predicted molar refractivity (Wildman–Crippen MR) is 167 cm³/mol. The maximum atomic E-state index is 13.9. The van der Waals surface area contributed by atoms with Crippen molar-refractivity contribution < 1.29 is 22.4 Å². The molecule has 0 fully saturated rings. The smallest absolute Gasteiger partial charge is 0.243 e. The number of anilines is 1. The number of hydrogen-bond acceptors (Lipinski definition) is 4. The first kappa shape index (κ1) is 33.4. The number of sulfonamides is 1. The molecular weight excluding hydrogens is 600 g/mol. The normalized spacial score (nSPS) is 12.8. The van der Waals surface area contributed by atoms with Gasteiger partial charge in [-0.1, -0.05) is 72.6 Å². The standard InChI is InChI=1S/C31H36Cl2FN3O4S/c1-4-22(2)35-31(39)29(19-23-9-6-5-7-10-23)36(21-24-12-15-26(34)16-13-24)30(38)11-8-18-37(42(3,40)41)28-20-25(32)14-17-27(28)33/h5-7,9-10,12-17,20,22,29H,4,8,11,18-19,21H2,1-3H3,(H,35,39)/t22-,29+/m0/s1. The summed E-state index contributed by atoms with van der Waals surface area (Å²) in [6.45, 7) is 3.89. The van der Waals surface area contributed by atoms with Gasteiger partial charge < -0.3 is 10.2 Å². The maximum Gasteiger partial charge on any atom is 0.243 e. The first-order chi connectivity index (χ1) is 19.9. The summed E-state index contributed by atoms with van der Waals surface area (Å²) in [6.07, 6.45) is 2.14. The van der Waals surface area contributed by atoms with Crippen molar-refractivity contribution in [3.63, 3.8) is 0 Å². The molecule has 0 heterocycles.